The third-order valence-electron chi connectivity index (χ3n) is 4.42. The molecule has 1 saturated heterocycles. The van der Waals surface area contributed by atoms with Crippen molar-refractivity contribution in [3.8, 4) is 0 Å². The molecule has 0 aliphatic carbocycles. The van der Waals surface area contributed by atoms with Gasteiger partial charge in [0.1, 0.15) is 4.75 Å². The highest BCUT2D eigenvalue weighted by molar-refractivity contribution is 7.90. The second-order valence-corrected chi connectivity index (χ2v) is 9.23. The van der Waals surface area contributed by atoms with Crippen molar-refractivity contribution in [2.24, 2.45) is 0 Å². The van der Waals surface area contributed by atoms with E-state index in [1.165, 1.54) is 11.3 Å². The molecule has 4 nitrogen and oxygen atoms in total. The fourth-order valence-corrected chi connectivity index (χ4v) is 3.51. The predicted molar refractivity (Wildman–Crippen MR) is 100 cm³/mol. The molecule has 2 rings (SSSR count). The topological polar surface area (TPSA) is 41.6 Å². The number of likely N-dealkylation sites (N-methyl/N-ethyl adjacent to an activating group) is 1. The molecule has 23 heavy (non-hydrogen) atoms. The Bertz CT molecular complexity index is 478. The van der Waals surface area contributed by atoms with Crippen LogP contribution in [0.3, 0.4) is 0 Å². The van der Waals surface area contributed by atoms with E-state index < -0.39 is 11.4 Å². The van der Waals surface area contributed by atoms with Crippen LogP contribution in [0.25, 0.3) is 0 Å². The maximum atomic E-state index is 12.2. The van der Waals surface area contributed by atoms with Gasteiger partial charge >= 0.3 is 0 Å². The summed E-state index contributed by atoms with van der Waals surface area (Å²) >= 11 is -1.05. The standard InChI is InChI=1S/C18H31N3OS/c1-6-20-11-13-21(14-12-20)17-9-7-16(8-10-17)15(2)19-23(22)18(3,4)5/h7-10,15,19H,6,11-14H2,1-5H3/t15-,23-/m1/s1. The highest BCUT2D eigenvalue weighted by Gasteiger charge is 2.28. The van der Waals surface area contributed by atoms with Crippen LogP contribution in [0.1, 0.15) is 46.2 Å². The van der Waals surface area contributed by atoms with Gasteiger partial charge in [-0.15, -0.1) is 4.72 Å². The maximum Gasteiger partial charge on any atom is 0.136 e. The van der Waals surface area contributed by atoms with Crippen LogP contribution in [0.15, 0.2) is 24.3 Å². The number of nitrogens with one attached hydrogen (secondary N) is 1. The van der Waals surface area contributed by atoms with Crippen LogP contribution in [-0.4, -0.2) is 46.9 Å². The number of nitrogens with zero attached hydrogens (tertiary/aromatic N) is 2. The summed E-state index contributed by atoms with van der Waals surface area (Å²) in [6, 6.07) is 8.77. The van der Waals surface area contributed by atoms with E-state index in [1.54, 1.807) is 0 Å². The molecular formula is C18H31N3OS. The van der Waals surface area contributed by atoms with Crippen molar-refractivity contribution in [2.75, 3.05) is 37.6 Å². The normalized spacial score (nSPS) is 19.7. The summed E-state index contributed by atoms with van der Waals surface area (Å²) in [6.45, 7) is 15.9. The fraction of sp³-hybridized carbons (Fsp3) is 0.667. The summed E-state index contributed by atoms with van der Waals surface area (Å²) in [5, 5.41) is 0. The molecule has 130 valence electrons. The zero-order valence-electron chi connectivity index (χ0n) is 15.1. The van der Waals surface area contributed by atoms with Gasteiger partial charge in [0.15, 0.2) is 0 Å². The zero-order valence-corrected chi connectivity index (χ0v) is 15.9. The van der Waals surface area contributed by atoms with E-state index in [0.29, 0.717) is 0 Å². The van der Waals surface area contributed by atoms with Crippen molar-refractivity contribution in [1.82, 2.24) is 9.62 Å². The molecule has 0 bridgehead atoms. The van der Waals surface area contributed by atoms with Crippen molar-refractivity contribution >= 4 is 17.0 Å². The van der Waals surface area contributed by atoms with Crippen LogP contribution >= 0.6 is 0 Å². The number of anilines is 1. The minimum absolute atomic E-state index is 0.0843. The van der Waals surface area contributed by atoms with E-state index in [2.05, 4.69) is 52.6 Å². The largest absolute Gasteiger partial charge is 0.598 e. The molecule has 0 unspecified atom stereocenters. The molecule has 0 spiro atoms. The summed E-state index contributed by atoms with van der Waals surface area (Å²) < 4.78 is 15.2. The second kappa shape index (κ2) is 7.88. The summed E-state index contributed by atoms with van der Waals surface area (Å²) in [7, 11) is 0. The lowest BCUT2D eigenvalue weighted by atomic mass is 10.1. The maximum absolute atomic E-state index is 12.2. The Morgan fingerprint density at radius 1 is 1.13 bits per heavy atom. The molecule has 1 aliphatic heterocycles. The number of benzene rings is 1. The molecule has 1 aromatic carbocycles. The summed E-state index contributed by atoms with van der Waals surface area (Å²) in [6.07, 6.45) is 0. The smallest absolute Gasteiger partial charge is 0.136 e. The summed E-state index contributed by atoms with van der Waals surface area (Å²) in [5.41, 5.74) is 2.46. The molecule has 5 heteroatoms. The number of hydrogen-bond donors (Lipinski definition) is 1. The van der Waals surface area contributed by atoms with Gasteiger partial charge in [-0.05, 0) is 51.9 Å². The molecule has 0 saturated carbocycles. The zero-order chi connectivity index (χ0) is 17.0. The quantitative estimate of drug-likeness (QED) is 0.839. The lowest BCUT2D eigenvalue weighted by Gasteiger charge is -2.35. The van der Waals surface area contributed by atoms with Gasteiger partial charge in [0.2, 0.25) is 0 Å². The first-order chi connectivity index (χ1) is 10.8. The number of piperazine rings is 1. The van der Waals surface area contributed by atoms with Crippen LogP contribution in [0.2, 0.25) is 0 Å². The minimum atomic E-state index is -1.05. The van der Waals surface area contributed by atoms with E-state index in [-0.39, 0.29) is 10.8 Å². The first kappa shape index (κ1) is 18.6. The molecule has 1 heterocycles. The summed E-state index contributed by atoms with van der Waals surface area (Å²) in [4.78, 5) is 4.93. The van der Waals surface area contributed by atoms with E-state index in [1.807, 2.05) is 20.8 Å². The average molecular weight is 338 g/mol. The van der Waals surface area contributed by atoms with Gasteiger partial charge in [-0.2, -0.15) is 0 Å². The van der Waals surface area contributed by atoms with Crippen LogP contribution in [0.5, 0.6) is 0 Å². The second-order valence-electron chi connectivity index (χ2n) is 7.23. The highest BCUT2D eigenvalue weighted by atomic mass is 32.2. The van der Waals surface area contributed by atoms with E-state index in [0.717, 1.165) is 32.7 Å². The van der Waals surface area contributed by atoms with Gasteiger partial charge in [0.05, 0.1) is 6.04 Å². The third-order valence-corrected chi connectivity index (χ3v) is 6.10. The summed E-state index contributed by atoms with van der Waals surface area (Å²) in [5.74, 6) is 0. The highest BCUT2D eigenvalue weighted by Crippen LogP contribution is 2.23. The Balaban J connectivity index is 1.94. The molecule has 1 aromatic rings. The third kappa shape index (κ3) is 5.11. The van der Waals surface area contributed by atoms with Gasteiger partial charge in [0, 0.05) is 43.2 Å². The van der Waals surface area contributed by atoms with Crippen LogP contribution < -0.4 is 9.62 Å². The molecule has 0 aromatic heterocycles. The lowest BCUT2D eigenvalue weighted by molar-refractivity contribution is 0.271. The van der Waals surface area contributed by atoms with E-state index >= 15 is 0 Å². The Hall–Kier alpha value is -0.750. The van der Waals surface area contributed by atoms with Gasteiger partial charge < -0.3 is 14.4 Å². The monoisotopic (exact) mass is 337 g/mol. The van der Waals surface area contributed by atoms with Crippen molar-refractivity contribution in [3.05, 3.63) is 29.8 Å². The van der Waals surface area contributed by atoms with Gasteiger partial charge in [-0.1, -0.05) is 19.1 Å². The minimum Gasteiger partial charge on any atom is -0.598 e. The van der Waals surface area contributed by atoms with Crippen molar-refractivity contribution in [1.29, 1.82) is 0 Å². The molecule has 0 amide bonds. The average Bonchev–Trinajstić information content (AvgIpc) is 2.54. The first-order valence-electron chi connectivity index (χ1n) is 8.56. The van der Waals surface area contributed by atoms with Crippen molar-refractivity contribution in [3.63, 3.8) is 0 Å². The molecule has 1 N–H and O–H groups in total. The Kier molecular flexibility index (Phi) is 6.37. The van der Waals surface area contributed by atoms with E-state index in [9.17, 15) is 4.55 Å². The van der Waals surface area contributed by atoms with E-state index in [4.69, 9.17) is 0 Å². The molecule has 0 radical (unpaired) electrons. The molecular weight excluding hydrogens is 306 g/mol. The van der Waals surface area contributed by atoms with Crippen LogP contribution in [-0.2, 0) is 11.4 Å². The van der Waals surface area contributed by atoms with Crippen LogP contribution in [0, 0.1) is 0 Å². The number of hydrogen-bond acceptors (Lipinski definition) is 4. The number of rotatable bonds is 5. The molecule has 1 fully saturated rings. The Morgan fingerprint density at radius 2 is 1.70 bits per heavy atom. The van der Waals surface area contributed by atoms with Crippen LogP contribution in [0.4, 0.5) is 5.69 Å². The Labute approximate surface area is 144 Å². The molecule has 1 aliphatic rings. The van der Waals surface area contributed by atoms with Gasteiger partial charge in [-0.25, -0.2) is 0 Å². The van der Waals surface area contributed by atoms with Gasteiger partial charge in [-0.3, -0.25) is 0 Å². The SMILES string of the molecule is CCN1CCN(c2ccc([C@@H](C)N[S@+]([O-])C(C)(C)C)cc2)CC1. The lowest BCUT2D eigenvalue weighted by Crippen LogP contribution is -2.46. The predicted octanol–water partition coefficient (Wildman–Crippen LogP) is 2.94. The Morgan fingerprint density at radius 3 is 2.17 bits per heavy atom. The first-order valence-corrected chi connectivity index (χ1v) is 9.71. The van der Waals surface area contributed by atoms with Gasteiger partial charge in [0.25, 0.3) is 0 Å². The molecule has 2 atom stereocenters. The van der Waals surface area contributed by atoms with Crippen molar-refractivity contribution in [2.45, 2.75) is 45.4 Å². The fourth-order valence-electron chi connectivity index (χ4n) is 2.70. The van der Waals surface area contributed by atoms with Crippen molar-refractivity contribution < 1.29 is 4.55 Å².